The van der Waals surface area contributed by atoms with Gasteiger partial charge in [-0.25, -0.2) is 0 Å². The van der Waals surface area contributed by atoms with E-state index in [2.05, 4.69) is 23.8 Å². The lowest BCUT2D eigenvalue weighted by Crippen LogP contribution is -2.45. The predicted octanol–water partition coefficient (Wildman–Crippen LogP) is 1.73. The largest absolute Gasteiger partial charge is 0.382 e. The van der Waals surface area contributed by atoms with Crippen LogP contribution in [0.2, 0.25) is 0 Å². The summed E-state index contributed by atoms with van der Waals surface area (Å²) < 4.78 is 1.93. The molecule has 90 valence electrons. The van der Waals surface area contributed by atoms with Crippen LogP contribution < -0.4 is 5.73 Å². The van der Waals surface area contributed by atoms with E-state index >= 15 is 0 Å². The van der Waals surface area contributed by atoms with E-state index in [1.54, 1.807) is 0 Å². The van der Waals surface area contributed by atoms with E-state index in [-0.39, 0.29) is 0 Å². The van der Waals surface area contributed by atoms with Crippen LogP contribution >= 0.6 is 0 Å². The summed E-state index contributed by atoms with van der Waals surface area (Å²) in [5, 5.41) is 4.21. The second-order valence-electron chi connectivity index (χ2n) is 4.87. The summed E-state index contributed by atoms with van der Waals surface area (Å²) in [6.07, 6.45) is 5.97. The number of nitrogens with two attached hydrogens (primary N) is 1. The third kappa shape index (κ3) is 2.55. The molecule has 0 spiro atoms. The zero-order valence-corrected chi connectivity index (χ0v) is 10.3. The summed E-state index contributed by atoms with van der Waals surface area (Å²) in [4.78, 5) is 2.58. The van der Waals surface area contributed by atoms with Crippen molar-refractivity contribution in [3.63, 3.8) is 0 Å². The minimum absolute atomic E-state index is 0.611. The van der Waals surface area contributed by atoms with Crippen molar-refractivity contribution in [1.29, 1.82) is 0 Å². The Hall–Kier alpha value is -1.03. The molecular formula is C12H22N4. The zero-order chi connectivity index (χ0) is 11.5. The Morgan fingerprint density at radius 3 is 2.56 bits per heavy atom. The fourth-order valence-electron chi connectivity index (χ4n) is 2.64. The van der Waals surface area contributed by atoms with Gasteiger partial charge in [0.2, 0.25) is 0 Å². The van der Waals surface area contributed by atoms with E-state index < -0.39 is 0 Å². The number of nitrogens with zero attached hydrogens (tertiary/aromatic N) is 3. The number of aromatic nitrogens is 2. The summed E-state index contributed by atoms with van der Waals surface area (Å²) in [5.41, 5.74) is 5.60. The predicted molar refractivity (Wildman–Crippen MR) is 66.1 cm³/mol. The lowest BCUT2D eigenvalue weighted by molar-refractivity contribution is 0.0979. The summed E-state index contributed by atoms with van der Waals surface area (Å²) in [5.74, 6) is 0.611. The Kier molecular flexibility index (Phi) is 3.49. The van der Waals surface area contributed by atoms with Gasteiger partial charge in [-0.3, -0.25) is 9.58 Å². The van der Waals surface area contributed by atoms with Gasteiger partial charge in [0.1, 0.15) is 5.82 Å². The third-order valence-corrected chi connectivity index (χ3v) is 3.62. The van der Waals surface area contributed by atoms with Crippen LogP contribution in [0.25, 0.3) is 0 Å². The van der Waals surface area contributed by atoms with Crippen molar-refractivity contribution in [2.24, 2.45) is 0 Å². The molecule has 2 unspecified atom stereocenters. The van der Waals surface area contributed by atoms with Crippen LogP contribution in [-0.2, 0) is 6.54 Å². The monoisotopic (exact) mass is 222 g/mol. The summed E-state index contributed by atoms with van der Waals surface area (Å²) >= 11 is 0. The third-order valence-electron chi connectivity index (χ3n) is 3.62. The van der Waals surface area contributed by atoms with Crippen LogP contribution in [0.15, 0.2) is 12.3 Å². The van der Waals surface area contributed by atoms with Crippen LogP contribution in [0.5, 0.6) is 0 Å². The van der Waals surface area contributed by atoms with Gasteiger partial charge in [-0.05, 0) is 32.8 Å². The summed E-state index contributed by atoms with van der Waals surface area (Å²) in [6, 6.07) is 3.26. The minimum atomic E-state index is 0.611. The highest BCUT2D eigenvalue weighted by atomic mass is 15.3. The van der Waals surface area contributed by atoms with Crippen LogP contribution in [0.3, 0.4) is 0 Å². The van der Waals surface area contributed by atoms with Gasteiger partial charge in [-0.1, -0.05) is 6.42 Å². The quantitative estimate of drug-likeness (QED) is 0.847. The van der Waals surface area contributed by atoms with E-state index in [1.165, 1.54) is 19.3 Å². The van der Waals surface area contributed by atoms with Crippen molar-refractivity contribution >= 4 is 5.82 Å². The number of rotatable bonds is 3. The molecule has 0 radical (unpaired) electrons. The fourth-order valence-corrected chi connectivity index (χ4v) is 2.64. The van der Waals surface area contributed by atoms with Gasteiger partial charge in [-0.2, -0.15) is 5.10 Å². The topological polar surface area (TPSA) is 47.1 Å². The van der Waals surface area contributed by atoms with E-state index in [9.17, 15) is 0 Å². The molecule has 0 amide bonds. The highest BCUT2D eigenvalue weighted by Crippen LogP contribution is 2.21. The molecule has 2 rings (SSSR count). The van der Waals surface area contributed by atoms with E-state index in [1.807, 2.05) is 16.9 Å². The molecule has 1 aromatic heterocycles. The number of likely N-dealkylation sites (tertiary alicyclic amines) is 1. The molecule has 1 saturated heterocycles. The average Bonchev–Trinajstić information content (AvgIpc) is 2.63. The maximum absolute atomic E-state index is 5.60. The van der Waals surface area contributed by atoms with Gasteiger partial charge in [-0.15, -0.1) is 0 Å². The maximum atomic E-state index is 5.60. The van der Waals surface area contributed by atoms with E-state index in [0.29, 0.717) is 17.9 Å². The molecule has 1 aliphatic heterocycles. The van der Waals surface area contributed by atoms with Crippen molar-refractivity contribution in [2.45, 2.75) is 51.7 Å². The molecule has 0 saturated carbocycles. The number of anilines is 1. The molecule has 4 nitrogen and oxygen atoms in total. The van der Waals surface area contributed by atoms with Gasteiger partial charge >= 0.3 is 0 Å². The van der Waals surface area contributed by atoms with Gasteiger partial charge in [0.15, 0.2) is 0 Å². The number of nitrogen functional groups attached to an aromatic ring is 1. The Bertz CT molecular complexity index is 324. The van der Waals surface area contributed by atoms with Crippen LogP contribution in [-0.4, -0.2) is 33.3 Å². The lowest BCUT2D eigenvalue weighted by atomic mass is 9.98. The average molecular weight is 222 g/mol. The molecule has 4 heteroatoms. The number of hydrogen-bond donors (Lipinski definition) is 1. The number of piperidine rings is 1. The Balaban J connectivity index is 1.88. The van der Waals surface area contributed by atoms with Crippen molar-refractivity contribution in [3.8, 4) is 0 Å². The van der Waals surface area contributed by atoms with Gasteiger partial charge in [0.25, 0.3) is 0 Å². The van der Waals surface area contributed by atoms with Crippen molar-refractivity contribution in [3.05, 3.63) is 12.3 Å². The van der Waals surface area contributed by atoms with Crippen molar-refractivity contribution in [1.82, 2.24) is 14.7 Å². The summed E-state index contributed by atoms with van der Waals surface area (Å²) in [6.45, 7) is 6.66. The smallest absolute Gasteiger partial charge is 0.145 e. The first-order valence-corrected chi connectivity index (χ1v) is 6.21. The summed E-state index contributed by atoms with van der Waals surface area (Å²) in [7, 11) is 0. The lowest BCUT2D eigenvalue weighted by Gasteiger charge is -2.38. The molecular weight excluding hydrogens is 200 g/mol. The Labute approximate surface area is 97.4 Å². The minimum Gasteiger partial charge on any atom is -0.382 e. The highest BCUT2D eigenvalue weighted by Gasteiger charge is 2.23. The second kappa shape index (κ2) is 4.87. The molecule has 0 bridgehead atoms. The van der Waals surface area contributed by atoms with E-state index in [4.69, 9.17) is 5.73 Å². The Morgan fingerprint density at radius 2 is 2.00 bits per heavy atom. The van der Waals surface area contributed by atoms with Gasteiger partial charge in [0.05, 0.1) is 6.54 Å². The fraction of sp³-hybridized carbons (Fsp3) is 0.750. The first-order valence-electron chi connectivity index (χ1n) is 6.21. The molecule has 16 heavy (non-hydrogen) atoms. The first kappa shape index (κ1) is 11.5. The van der Waals surface area contributed by atoms with Crippen LogP contribution in [0.1, 0.15) is 33.1 Å². The number of hydrogen-bond acceptors (Lipinski definition) is 3. The van der Waals surface area contributed by atoms with Gasteiger partial charge in [0, 0.05) is 24.8 Å². The first-order chi connectivity index (χ1) is 7.66. The molecule has 1 aromatic rings. The van der Waals surface area contributed by atoms with E-state index in [0.717, 1.165) is 13.1 Å². The standard InChI is InChI=1S/C12H22N4/c1-10-4-3-5-11(2)16(10)9-8-15-7-6-12(13)14-15/h6-7,10-11H,3-5,8-9H2,1-2H3,(H2,13,14). The van der Waals surface area contributed by atoms with Crippen LogP contribution in [0, 0.1) is 0 Å². The zero-order valence-electron chi connectivity index (χ0n) is 10.3. The highest BCUT2D eigenvalue weighted by molar-refractivity contribution is 5.23. The molecule has 2 heterocycles. The molecule has 0 aromatic carbocycles. The molecule has 1 aliphatic rings. The molecule has 0 aliphatic carbocycles. The van der Waals surface area contributed by atoms with Gasteiger partial charge < -0.3 is 5.73 Å². The Morgan fingerprint density at radius 1 is 1.31 bits per heavy atom. The van der Waals surface area contributed by atoms with Crippen molar-refractivity contribution < 1.29 is 0 Å². The van der Waals surface area contributed by atoms with Crippen LogP contribution in [0.4, 0.5) is 5.82 Å². The van der Waals surface area contributed by atoms with Crippen molar-refractivity contribution in [2.75, 3.05) is 12.3 Å². The maximum Gasteiger partial charge on any atom is 0.145 e. The molecule has 1 fully saturated rings. The second-order valence-corrected chi connectivity index (χ2v) is 4.87. The molecule has 2 N–H and O–H groups in total. The molecule has 2 atom stereocenters. The normalized spacial score (nSPS) is 27.1. The SMILES string of the molecule is CC1CCCC(C)N1CCn1ccc(N)n1.